The number of hydrogen-bond donors (Lipinski definition) is 1. The molecule has 0 fully saturated rings. The van der Waals surface area contributed by atoms with Crippen molar-refractivity contribution in [2.24, 2.45) is 0 Å². The van der Waals surface area contributed by atoms with Gasteiger partial charge in [0.1, 0.15) is 0 Å². The molecule has 36 heavy (non-hydrogen) atoms. The molecule has 10 heteroatoms. The lowest BCUT2D eigenvalue weighted by Crippen LogP contribution is -2.03. The molecule has 6 rings (SSSR count). The van der Waals surface area contributed by atoms with Gasteiger partial charge in [-0.1, -0.05) is 0 Å². The monoisotopic (exact) mass is 630 g/mol. The highest BCUT2D eigenvalue weighted by atomic mass is 32.2. The van der Waals surface area contributed by atoms with E-state index in [1.165, 1.54) is 39.2 Å². The van der Waals surface area contributed by atoms with Crippen LogP contribution in [0.4, 0.5) is 0 Å². The Morgan fingerprint density at radius 1 is 0.583 bits per heavy atom. The molecule has 0 aliphatic carbocycles. The summed E-state index contributed by atoms with van der Waals surface area (Å²) in [6.45, 7) is 18.0. The fourth-order valence-electron chi connectivity index (χ4n) is 4.38. The molecular weight excluding hydrogens is 601 g/mol. The first kappa shape index (κ1) is 28.4. The molecule has 0 bridgehead atoms. The van der Waals surface area contributed by atoms with Crippen molar-refractivity contribution in [2.45, 2.75) is 117 Å². The molecule has 0 unspecified atom stereocenters. The highest BCUT2D eigenvalue weighted by Crippen LogP contribution is 2.65. The van der Waals surface area contributed by atoms with Gasteiger partial charge < -0.3 is 5.11 Å². The second-order valence-corrected chi connectivity index (χ2v) is 24.9. The van der Waals surface area contributed by atoms with Crippen LogP contribution in [0.15, 0.2) is 51.3 Å². The number of hydrogen-bond acceptors (Lipinski definition) is 10. The highest BCUT2D eigenvalue weighted by molar-refractivity contribution is 8.22. The second-order valence-electron chi connectivity index (χ2n) is 10.6. The maximum Gasteiger partial charge on any atom is 0.152 e. The quantitative estimate of drug-likeness (QED) is 0.324. The Balaban J connectivity index is 0.000000148. The zero-order valence-corrected chi connectivity index (χ0v) is 28.1. The van der Waals surface area contributed by atoms with Crippen molar-refractivity contribution in [1.82, 2.24) is 0 Å². The van der Waals surface area contributed by atoms with Gasteiger partial charge in [-0.15, -0.1) is 94.1 Å². The summed E-state index contributed by atoms with van der Waals surface area (Å²) in [7, 11) is 0. The van der Waals surface area contributed by atoms with Crippen molar-refractivity contribution in [2.75, 3.05) is 0 Å². The van der Waals surface area contributed by atoms with Gasteiger partial charge in [0.15, 0.2) is 6.29 Å². The lowest BCUT2D eigenvalue weighted by atomic mass is 10.2. The van der Waals surface area contributed by atoms with Gasteiger partial charge in [0, 0.05) is 50.3 Å². The van der Waals surface area contributed by atoms with Gasteiger partial charge in [-0.25, -0.2) is 0 Å². The van der Waals surface area contributed by atoms with Crippen LogP contribution in [-0.2, 0) is 6.61 Å². The summed E-state index contributed by atoms with van der Waals surface area (Å²) in [4.78, 5) is 21.7. The van der Waals surface area contributed by atoms with Crippen LogP contribution < -0.4 is 0 Å². The molecule has 0 saturated carbocycles. The molecule has 4 aliphatic rings. The Kier molecular flexibility index (Phi) is 7.69. The van der Waals surface area contributed by atoms with Crippen LogP contribution >= 0.6 is 94.1 Å². The van der Waals surface area contributed by atoms with E-state index in [1.807, 2.05) is 94.1 Å². The third kappa shape index (κ3) is 5.55. The molecule has 4 heterocycles. The van der Waals surface area contributed by atoms with Crippen LogP contribution in [0.5, 0.6) is 0 Å². The molecule has 194 valence electrons. The van der Waals surface area contributed by atoms with E-state index in [4.69, 9.17) is 0 Å². The number of rotatable bonds is 2. The van der Waals surface area contributed by atoms with Crippen LogP contribution in [0.25, 0.3) is 0 Å². The standard InChI is InChI=1S/C13H16OS4.C13H14OS4/c2*1-12(2)15-8-5-9-11(18-13(3,4)16-9)7(6-14)10(8)17-12/h5,14H,6H2,1-4H3;5-6H,1-4H3. The van der Waals surface area contributed by atoms with Gasteiger partial charge in [-0.2, -0.15) is 0 Å². The number of fused-ring (bicyclic) bond motifs is 4. The van der Waals surface area contributed by atoms with E-state index < -0.39 is 0 Å². The Labute approximate surface area is 249 Å². The predicted octanol–water partition coefficient (Wildman–Crippen LogP) is 10.4. The number of carbonyl (C=O) groups is 1. The first-order valence-electron chi connectivity index (χ1n) is 11.6. The van der Waals surface area contributed by atoms with E-state index in [1.54, 1.807) is 0 Å². The summed E-state index contributed by atoms with van der Waals surface area (Å²) in [5.74, 6) is 0. The topological polar surface area (TPSA) is 37.3 Å². The van der Waals surface area contributed by atoms with E-state index in [9.17, 15) is 9.90 Å². The van der Waals surface area contributed by atoms with Crippen molar-refractivity contribution in [3.8, 4) is 0 Å². The van der Waals surface area contributed by atoms with E-state index in [-0.39, 0.29) is 22.9 Å². The summed E-state index contributed by atoms with van der Waals surface area (Å²) in [6.07, 6.45) is 1.04. The molecule has 2 aromatic rings. The lowest BCUT2D eigenvalue weighted by Gasteiger charge is -2.15. The van der Waals surface area contributed by atoms with E-state index in [2.05, 4.69) is 67.5 Å². The van der Waals surface area contributed by atoms with E-state index >= 15 is 0 Å². The summed E-state index contributed by atoms with van der Waals surface area (Å²) in [5.41, 5.74) is 2.06. The van der Waals surface area contributed by atoms with Gasteiger partial charge in [0.2, 0.25) is 0 Å². The van der Waals surface area contributed by atoms with Crippen LogP contribution in [-0.4, -0.2) is 27.7 Å². The van der Waals surface area contributed by atoms with Gasteiger partial charge in [-0.05, 0) is 67.5 Å². The zero-order chi connectivity index (χ0) is 26.3. The molecule has 2 nitrogen and oxygen atoms in total. The molecule has 4 aliphatic heterocycles. The van der Waals surface area contributed by atoms with Crippen molar-refractivity contribution >= 4 is 100 Å². The average Bonchev–Trinajstić information content (AvgIpc) is 3.40. The van der Waals surface area contributed by atoms with Gasteiger partial charge in [-0.3, -0.25) is 4.79 Å². The van der Waals surface area contributed by atoms with Crippen molar-refractivity contribution in [3.63, 3.8) is 0 Å². The van der Waals surface area contributed by atoms with Crippen molar-refractivity contribution in [3.05, 3.63) is 23.3 Å². The SMILES string of the molecule is CC1(C)Sc2cc3c(c(C=O)c2S1)SC(C)(C)S3.CC1(C)Sc2cc3c(c(CO)c2S1)SC(C)(C)S3. The van der Waals surface area contributed by atoms with Crippen molar-refractivity contribution in [1.29, 1.82) is 0 Å². The number of benzene rings is 2. The number of carbonyl (C=O) groups excluding carboxylic acids is 1. The molecule has 2 aromatic carbocycles. The maximum atomic E-state index is 11.5. The maximum absolute atomic E-state index is 11.5. The normalized spacial score (nSPS) is 22.8. The fraction of sp³-hybridized carbons (Fsp3) is 0.500. The molecule has 0 radical (unpaired) electrons. The Bertz CT molecular complexity index is 1180. The second kappa shape index (κ2) is 9.75. The van der Waals surface area contributed by atoms with Crippen LogP contribution in [0.1, 0.15) is 71.3 Å². The fourth-order valence-corrected chi connectivity index (χ4v) is 15.8. The van der Waals surface area contributed by atoms with Crippen LogP contribution in [0.3, 0.4) is 0 Å². The molecular formula is C26H30O2S8. The Morgan fingerprint density at radius 2 is 0.889 bits per heavy atom. The summed E-state index contributed by atoms with van der Waals surface area (Å²) in [6, 6.07) is 4.60. The van der Waals surface area contributed by atoms with Crippen LogP contribution in [0.2, 0.25) is 0 Å². The van der Waals surface area contributed by atoms with Gasteiger partial charge in [0.25, 0.3) is 0 Å². The minimum atomic E-state index is 0.139. The average molecular weight is 631 g/mol. The predicted molar refractivity (Wildman–Crippen MR) is 167 cm³/mol. The minimum Gasteiger partial charge on any atom is -0.392 e. The molecule has 0 aromatic heterocycles. The minimum absolute atomic E-state index is 0.139. The third-order valence-corrected chi connectivity index (χ3v) is 16.8. The third-order valence-electron chi connectivity index (χ3n) is 5.55. The molecule has 0 atom stereocenters. The first-order valence-corrected chi connectivity index (χ1v) is 18.1. The van der Waals surface area contributed by atoms with Crippen molar-refractivity contribution < 1.29 is 9.90 Å². The molecule has 0 amide bonds. The summed E-state index contributed by atoms with van der Waals surface area (Å²) < 4.78 is 0.651. The summed E-state index contributed by atoms with van der Waals surface area (Å²) in [5, 5.41) is 9.76. The lowest BCUT2D eigenvalue weighted by molar-refractivity contribution is 0.111. The molecule has 1 N–H and O–H groups in total. The number of aliphatic hydroxyl groups excluding tert-OH is 1. The van der Waals surface area contributed by atoms with Gasteiger partial charge in [0.05, 0.1) is 22.9 Å². The molecule has 0 saturated heterocycles. The van der Waals surface area contributed by atoms with E-state index in [0.29, 0.717) is 0 Å². The van der Waals surface area contributed by atoms with E-state index in [0.717, 1.165) is 17.4 Å². The Morgan fingerprint density at radius 3 is 1.19 bits per heavy atom. The zero-order valence-electron chi connectivity index (χ0n) is 21.6. The number of aliphatic hydroxyl groups is 1. The first-order chi connectivity index (χ1) is 16.6. The molecule has 0 spiro atoms. The number of aldehydes is 1. The van der Waals surface area contributed by atoms with Crippen LogP contribution in [0, 0.1) is 0 Å². The largest absolute Gasteiger partial charge is 0.392 e. The highest BCUT2D eigenvalue weighted by Gasteiger charge is 2.40. The number of thioether (sulfide) groups is 8. The Hall–Kier alpha value is 0.870. The smallest absolute Gasteiger partial charge is 0.152 e. The van der Waals surface area contributed by atoms with Gasteiger partial charge >= 0.3 is 0 Å². The summed E-state index contributed by atoms with van der Waals surface area (Å²) >= 11 is 15.0.